The standard InChI is InChI=1S/C27H28N6O3S2/c1-16-7-5-8-17(13-16)14-21(34)28-26-32-30-24(37-26)19-11-6-12-20(15-19)25-31-33-27(38-25)29-23(36)22(35)18-9-3-2-4-10-18/h2-5,7-10,13,19-20,22,35H,6,11-12,14-15H2,1H3,(H,28,32,34)(H,29,33,36)/t19-,20-,22-/m0/s1. The van der Waals surface area contributed by atoms with Crippen LogP contribution in [0.4, 0.5) is 10.3 Å². The summed E-state index contributed by atoms with van der Waals surface area (Å²) in [4.78, 5) is 25.0. The molecule has 2 amide bonds. The van der Waals surface area contributed by atoms with Gasteiger partial charge in [-0.3, -0.25) is 14.9 Å². The molecule has 0 radical (unpaired) electrons. The van der Waals surface area contributed by atoms with Crippen LogP contribution in [-0.4, -0.2) is 37.3 Å². The number of aromatic nitrogens is 4. The normalized spacial score (nSPS) is 18.1. The van der Waals surface area contributed by atoms with Gasteiger partial charge in [0.25, 0.3) is 5.91 Å². The molecule has 38 heavy (non-hydrogen) atoms. The van der Waals surface area contributed by atoms with Crippen molar-refractivity contribution in [2.24, 2.45) is 0 Å². The minimum absolute atomic E-state index is 0.111. The molecule has 196 valence electrons. The van der Waals surface area contributed by atoms with Crippen LogP contribution in [-0.2, 0) is 16.0 Å². The van der Waals surface area contributed by atoms with E-state index in [-0.39, 0.29) is 17.7 Å². The first-order valence-electron chi connectivity index (χ1n) is 12.5. The smallest absolute Gasteiger partial charge is 0.259 e. The number of aliphatic hydroxyl groups is 1. The molecule has 4 aromatic rings. The van der Waals surface area contributed by atoms with Gasteiger partial charge in [0.05, 0.1) is 6.42 Å². The summed E-state index contributed by atoms with van der Waals surface area (Å²) in [7, 11) is 0. The number of aliphatic hydroxyl groups excluding tert-OH is 1. The summed E-state index contributed by atoms with van der Waals surface area (Å²) in [6.45, 7) is 2.00. The number of carbonyl (C=O) groups excluding carboxylic acids is 2. The van der Waals surface area contributed by atoms with E-state index in [4.69, 9.17) is 0 Å². The lowest BCUT2D eigenvalue weighted by Crippen LogP contribution is -2.20. The Hall–Kier alpha value is -3.54. The number of benzene rings is 2. The first-order chi connectivity index (χ1) is 18.4. The van der Waals surface area contributed by atoms with Crippen molar-refractivity contribution in [3.63, 3.8) is 0 Å². The Kier molecular flexibility index (Phi) is 8.16. The summed E-state index contributed by atoms with van der Waals surface area (Å²) in [5.41, 5.74) is 2.60. The summed E-state index contributed by atoms with van der Waals surface area (Å²) < 4.78 is 0. The average Bonchev–Trinajstić information content (AvgIpc) is 3.59. The van der Waals surface area contributed by atoms with E-state index in [1.54, 1.807) is 24.3 Å². The molecule has 2 aromatic heterocycles. The highest BCUT2D eigenvalue weighted by Crippen LogP contribution is 2.43. The topological polar surface area (TPSA) is 130 Å². The van der Waals surface area contributed by atoms with E-state index in [1.807, 2.05) is 37.3 Å². The van der Waals surface area contributed by atoms with E-state index < -0.39 is 12.0 Å². The van der Waals surface area contributed by atoms with Gasteiger partial charge in [-0.15, -0.1) is 20.4 Å². The van der Waals surface area contributed by atoms with Gasteiger partial charge in [-0.25, -0.2) is 0 Å². The van der Waals surface area contributed by atoms with Gasteiger partial charge in [-0.2, -0.15) is 0 Å². The highest BCUT2D eigenvalue weighted by Gasteiger charge is 2.30. The van der Waals surface area contributed by atoms with E-state index in [9.17, 15) is 14.7 Å². The number of rotatable bonds is 8. The summed E-state index contributed by atoms with van der Waals surface area (Å²) in [5.74, 6) is -0.235. The summed E-state index contributed by atoms with van der Waals surface area (Å²) in [5, 5.41) is 35.6. The van der Waals surface area contributed by atoms with Crippen LogP contribution in [0.3, 0.4) is 0 Å². The molecule has 0 bridgehead atoms. The number of hydrogen-bond donors (Lipinski definition) is 3. The number of nitrogens with zero attached hydrogens (tertiary/aromatic N) is 4. The zero-order valence-electron chi connectivity index (χ0n) is 20.8. The fourth-order valence-electron chi connectivity index (χ4n) is 4.67. The molecule has 1 saturated carbocycles. The second-order valence-corrected chi connectivity index (χ2v) is 11.5. The van der Waals surface area contributed by atoms with Gasteiger partial charge in [-0.05, 0) is 37.3 Å². The van der Waals surface area contributed by atoms with Crippen LogP contribution < -0.4 is 10.6 Å². The molecule has 0 unspecified atom stereocenters. The lowest BCUT2D eigenvalue weighted by Gasteiger charge is -2.25. The monoisotopic (exact) mass is 548 g/mol. The predicted molar refractivity (Wildman–Crippen MR) is 147 cm³/mol. The van der Waals surface area contributed by atoms with Crippen LogP contribution in [0.15, 0.2) is 54.6 Å². The number of aryl methyl sites for hydroxylation is 1. The van der Waals surface area contributed by atoms with Crippen LogP contribution in [0.25, 0.3) is 0 Å². The molecule has 9 nitrogen and oxygen atoms in total. The van der Waals surface area contributed by atoms with Gasteiger partial charge < -0.3 is 10.4 Å². The zero-order valence-corrected chi connectivity index (χ0v) is 22.5. The Bertz CT molecular complexity index is 1410. The van der Waals surface area contributed by atoms with Gasteiger partial charge in [0.15, 0.2) is 6.10 Å². The molecule has 2 heterocycles. The molecule has 3 atom stereocenters. The lowest BCUT2D eigenvalue weighted by molar-refractivity contribution is -0.124. The maximum absolute atomic E-state index is 12.5. The van der Waals surface area contributed by atoms with E-state index >= 15 is 0 Å². The largest absolute Gasteiger partial charge is 0.378 e. The molecule has 0 saturated heterocycles. The third-order valence-electron chi connectivity index (χ3n) is 6.54. The average molecular weight is 549 g/mol. The summed E-state index contributed by atoms with van der Waals surface area (Å²) >= 11 is 2.76. The first-order valence-corrected chi connectivity index (χ1v) is 14.1. The molecule has 1 fully saturated rings. The zero-order chi connectivity index (χ0) is 26.5. The number of carbonyl (C=O) groups is 2. The fraction of sp³-hybridized carbons (Fsp3) is 0.333. The molecule has 11 heteroatoms. The highest BCUT2D eigenvalue weighted by atomic mass is 32.1. The van der Waals surface area contributed by atoms with Crippen LogP contribution in [0, 0.1) is 6.92 Å². The summed E-state index contributed by atoms with van der Waals surface area (Å²) in [6.07, 6.45) is 2.85. The quantitative estimate of drug-likeness (QED) is 0.283. The van der Waals surface area contributed by atoms with Crippen LogP contribution in [0.1, 0.15) is 70.3 Å². The second-order valence-electron chi connectivity index (χ2n) is 9.47. The van der Waals surface area contributed by atoms with Crippen molar-refractivity contribution in [1.82, 2.24) is 20.4 Å². The molecule has 1 aliphatic rings. The van der Waals surface area contributed by atoms with Crippen molar-refractivity contribution >= 4 is 44.8 Å². The molecule has 1 aliphatic carbocycles. The molecule has 2 aromatic carbocycles. The second kappa shape index (κ2) is 11.9. The van der Waals surface area contributed by atoms with Crippen molar-refractivity contribution in [2.75, 3.05) is 10.6 Å². The molecule has 5 rings (SSSR count). The van der Waals surface area contributed by atoms with Gasteiger partial charge in [0, 0.05) is 11.8 Å². The Morgan fingerprint density at radius 2 is 1.58 bits per heavy atom. The van der Waals surface area contributed by atoms with Crippen molar-refractivity contribution in [2.45, 2.75) is 57.0 Å². The maximum atomic E-state index is 12.5. The minimum atomic E-state index is -1.27. The van der Waals surface area contributed by atoms with Gasteiger partial charge in [0.1, 0.15) is 10.0 Å². The predicted octanol–water partition coefficient (Wildman–Crippen LogP) is 4.99. The van der Waals surface area contributed by atoms with Gasteiger partial charge in [-0.1, -0.05) is 89.3 Å². The Labute approximate surface area is 228 Å². The molecule has 0 spiro atoms. The van der Waals surface area contributed by atoms with Crippen LogP contribution >= 0.6 is 22.7 Å². The van der Waals surface area contributed by atoms with Crippen LogP contribution in [0.2, 0.25) is 0 Å². The van der Waals surface area contributed by atoms with Crippen molar-refractivity contribution in [3.05, 3.63) is 81.3 Å². The van der Waals surface area contributed by atoms with Gasteiger partial charge >= 0.3 is 0 Å². The van der Waals surface area contributed by atoms with Crippen molar-refractivity contribution in [3.8, 4) is 0 Å². The lowest BCUT2D eigenvalue weighted by atomic mass is 9.82. The molecule has 0 aliphatic heterocycles. The molecular weight excluding hydrogens is 520 g/mol. The molecular formula is C27H28N6O3S2. The van der Waals surface area contributed by atoms with Crippen LogP contribution in [0.5, 0.6) is 0 Å². The maximum Gasteiger partial charge on any atom is 0.259 e. The number of anilines is 2. The van der Waals surface area contributed by atoms with E-state index in [0.717, 1.165) is 46.8 Å². The Morgan fingerprint density at radius 1 is 0.921 bits per heavy atom. The first kappa shape index (κ1) is 26.1. The van der Waals surface area contributed by atoms with Gasteiger partial charge in [0.2, 0.25) is 16.2 Å². The SMILES string of the molecule is Cc1cccc(CC(=O)Nc2nnc([C@H]3CCC[C@H](c4nnc(NC(=O)[C@@H](O)c5ccccc5)s4)C3)s2)c1. The van der Waals surface area contributed by atoms with Crippen molar-refractivity contribution in [1.29, 1.82) is 0 Å². The van der Waals surface area contributed by atoms with E-state index in [1.165, 1.54) is 22.7 Å². The summed E-state index contributed by atoms with van der Waals surface area (Å²) in [6, 6.07) is 16.7. The van der Waals surface area contributed by atoms with E-state index in [2.05, 4.69) is 31.0 Å². The number of nitrogens with one attached hydrogen (secondary N) is 2. The Balaban J connectivity index is 1.17. The minimum Gasteiger partial charge on any atom is -0.378 e. The third-order valence-corrected chi connectivity index (χ3v) is 8.54. The number of hydrogen-bond acceptors (Lipinski definition) is 9. The van der Waals surface area contributed by atoms with E-state index in [0.29, 0.717) is 22.2 Å². The number of amides is 2. The molecule has 3 N–H and O–H groups in total. The Morgan fingerprint density at radius 3 is 2.24 bits per heavy atom. The third kappa shape index (κ3) is 6.47. The fourth-order valence-corrected chi connectivity index (χ4v) is 6.47. The highest BCUT2D eigenvalue weighted by molar-refractivity contribution is 7.15. The van der Waals surface area contributed by atoms with Crippen molar-refractivity contribution < 1.29 is 14.7 Å².